The lowest BCUT2D eigenvalue weighted by Gasteiger charge is -2.34. The van der Waals surface area contributed by atoms with E-state index in [0.29, 0.717) is 11.8 Å². The summed E-state index contributed by atoms with van der Waals surface area (Å²) >= 11 is 0. The SMILES string of the molecule is CC(C)(C)OC(=O)N1CCCC(C2CC2CN)C1. The van der Waals surface area contributed by atoms with E-state index in [0.717, 1.165) is 32.0 Å². The number of piperidine rings is 1. The minimum atomic E-state index is -0.399. The third-order valence-electron chi connectivity index (χ3n) is 4.00. The Kier molecular flexibility index (Phi) is 3.85. The maximum Gasteiger partial charge on any atom is 0.410 e. The maximum absolute atomic E-state index is 12.0. The molecule has 1 amide bonds. The summed E-state index contributed by atoms with van der Waals surface area (Å²) in [7, 11) is 0. The van der Waals surface area contributed by atoms with Gasteiger partial charge in [-0.25, -0.2) is 4.79 Å². The molecule has 2 aliphatic rings. The van der Waals surface area contributed by atoms with Crippen LogP contribution >= 0.6 is 0 Å². The van der Waals surface area contributed by atoms with E-state index in [9.17, 15) is 4.79 Å². The van der Waals surface area contributed by atoms with Crippen LogP contribution in [0.2, 0.25) is 0 Å². The largest absolute Gasteiger partial charge is 0.444 e. The zero-order valence-electron chi connectivity index (χ0n) is 11.8. The van der Waals surface area contributed by atoms with Crippen LogP contribution in [0.15, 0.2) is 0 Å². The number of rotatable bonds is 2. The average Bonchev–Trinajstić information content (AvgIpc) is 3.06. The summed E-state index contributed by atoms with van der Waals surface area (Å²) in [4.78, 5) is 13.9. The van der Waals surface area contributed by atoms with E-state index >= 15 is 0 Å². The van der Waals surface area contributed by atoms with Crippen LogP contribution in [0, 0.1) is 17.8 Å². The normalized spacial score (nSPS) is 32.2. The van der Waals surface area contributed by atoms with Crippen LogP contribution in [0.3, 0.4) is 0 Å². The third-order valence-corrected chi connectivity index (χ3v) is 4.00. The van der Waals surface area contributed by atoms with Gasteiger partial charge < -0.3 is 15.4 Å². The lowest BCUT2D eigenvalue weighted by atomic mass is 9.92. The Bertz CT molecular complexity index is 311. The third kappa shape index (κ3) is 3.37. The first-order valence-corrected chi connectivity index (χ1v) is 7.08. The molecule has 3 atom stereocenters. The number of hydrogen-bond acceptors (Lipinski definition) is 3. The molecule has 2 rings (SSSR count). The Morgan fingerprint density at radius 2 is 2.17 bits per heavy atom. The minimum Gasteiger partial charge on any atom is -0.444 e. The summed E-state index contributed by atoms with van der Waals surface area (Å²) in [5, 5.41) is 0. The molecule has 0 spiro atoms. The van der Waals surface area contributed by atoms with Gasteiger partial charge in [-0.2, -0.15) is 0 Å². The standard InChI is InChI=1S/C14H26N2O2/c1-14(2,3)18-13(17)16-6-4-5-10(9-16)12-7-11(12)8-15/h10-12H,4-9,15H2,1-3H3. The van der Waals surface area contributed by atoms with E-state index in [1.54, 1.807) is 0 Å². The Morgan fingerprint density at radius 3 is 2.72 bits per heavy atom. The van der Waals surface area contributed by atoms with E-state index in [-0.39, 0.29) is 6.09 Å². The maximum atomic E-state index is 12.0. The van der Waals surface area contributed by atoms with Gasteiger partial charge >= 0.3 is 6.09 Å². The first-order chi connectivity index (χ1) is 8.40. The van der Waals surface area contributed by atoms with Crippen molar-refractivity contribution in [2.45, 2.75) is 45.6 Å². The molecule has 4 heteroatoms. The molecule has 0 radical (unpaired) electrons. The van der Waals surface area contributed by atoms with Crippen molar-refractivity contribution in [2.24, 2.45) is 23.5 Å². The molecule has 2 N–H and O–H groups in total. The van der Waals surface area contributed by atoms with Gasteiger partial charge in [-0.1, -0.05) is 0 Å². The predicted molar refractivity (Wildman–Crippen MR) is 71.2 cm³/mol. The topological polar surface area (TPSA) is 55.6 Å². The molecule has 18 heavy (non-hydrogen) atoms. The molecule has 1 saturated heterocycles. The highest BCUT2D eigenvalue weighted by atomic mass is 16.6. The summed E-state index contributed by atoms with van der Waals surface area (Å²) in [5.74, 6) is 2.09. The second-order valence-electron chi connectivity index (χ2n) is 6.72. The van der Waals surface area contributed by atoms with Gasteiger partial charge in [0.1, 0.15) is 5.60 Å². The monoisotopic (exact) mass is 254 g/mol. The number of amides is 1. The van der Waals surface area contributed by atoms with Gasteiger partial charge in [-0.15, -0.1) is 0 Å². The van der Waals surface area contributed by atoms with Crippen molar-refractivity contribution >= 4 is 6.09 Å². The molecule has 0 aromatic rings. The first-order valence-electron chi connectivity index (χ1n) is 7.08. The molecule has 0 bridgehead atoms. The number of nitrogens with zero attached hydrogens (tertiary/aromatic N) is 1. The van der Waals surface area contributed by atoms with Gasteiger partial charge in [0.25, 0.3) is 0 Å². The van der Waals surface area contributed by atoms with Crippen LogP contribution in [-0.2, 0) is 4.74 Å². The average molecular weight is 254 g/mol. The van der Waals surface area contributed by atoms with E-state index in [1.807, 2.05) is 25.7 Å². The smallest absolute Gasteiger partial charge is 0.410 e. The molecule has 1 aliphatic carbocycles. The van der Waals surface area contributed by atoms with Crippen molar-refractivity contribution in [1.29, 1.82) is 0 Å². The van der Waals surface area contributed by atoms with Crippen LogP contribution in [0.4, 0.5) is 4.79 Å². The fourth-order valence-corrected chi connectivity index (χ4v) is 2.97. The lowest BCUT2D eigenvalue weighted by molar-refractivity contribution is 0.0151. The number of ether oxygens (including phenoxy) is 1. The molecule has 0 aromatic carbocycles. The van der Waals surface area contributed by atoms with Gasteiger partial charge in [0.15, 0.2) is 0 Å². The highest BCUT2D eigenvalue weighted by Crippen LogP contribution is 2.46. The number of carbonyl (C=O) groups excluding carboxylic acids is 1. The van der Waals surface area contributed by atoms with Gasteiger partial charge in [-0.3, -0.25) is 0 Å². The molecular formula is C14H26N2O2. The van der Waals surface area contributed by atoms with Gasteiger partial charge in [-0.05, 0) is 64.3 Å². The molecular weight excluding hydrogens is 228 g/mol. The highest BCUT2D eigenvalue weighted by molar-refractivity contribution is 5.68. The first kappa shape index (κ1) is 13.7. The zero-order chi connectivity index (χ0) is 13.3. The van der Waals surface area contributed by atoms with Gasteiger partial charge in [0, 0.05) is 13.1 Å². The molecule has 4 nitrogen and oxygen atoms in total. The van der Waals surface area contributed by atoms with Gasteiger partial charge in [0.2, 0.25) is 0 Å². The van der Waals surface area contributed by atoms with E-state index in [2.05, 4.69) is 0 Å². The molecule has 1 heterocycles. The Balaban J connectivity index is 1.85. The second-order valence-corrected chi connectivity index (χ2v) is 6.72. The number of carbonyl (C=O) groups is 1. The predicted octanol–water partition coefficient (Wildman–Crippen LogP) is 2.23. The molecule has 1 saturated carbocycles. The van der Waals surface area contributed by atoms with Crippen molar-refractivity contribution in [3.05, 3.63) is 0 Å². The quantitative estimate of drug-likeness (QED) is 0.822. The van der Waals surface area contributed by atoms with Crippen LogP contribution in [0.1, 0.15) is 40.0 Å². The van der Waals surface area contributed by atoms with E-state index < -0.39 is 5.60 Å². The Labute approximate surface area is 110 Å². The Morgan fingerprint density at radius 1 is 1.44 bits per heavy atom. The van der Waals surface area contributed by atoms with Crippen LogP contribution in [0.5, 0.6) is 0 Å². The van der Waals surface area contributed by atoms with E-state index in [4.69, 9.17) is 10.5 Å². The number of likely N-dealkylation sites (tertiary alicyclic amines) is 1. The molecule has 1 aliphatic heterocycles. The van der Waals surface area contributed by atoms with Crippen LogP contribution in [0.25, 0.3) is 0 Å². The van der Waals surface area contributed by atoms with E-state index in [1.165, 1.54) is 12.8 Å². The van der Waals surface area contributed by atoms with Crippen LogP contribution < -0.4 is 5.73 Å². The van der Waals surface area contributed by atoms with Crippen molar-refractivity contribution in [3.8, 4) is 0 Å². The molecule has 104 valence electrons. The molecule has 2 fully saturated rings. The summed E-state index contributed by atoms with van der Waals surface area (Å²) in [6.45, 7) is 8.24. The van der Waals surface area contributed by atoms with Crippen LogP contribution in [-0.4, -0.2) is 36.2 Å². The molecule has 0 aromatic heterocycles. The number of nitrogens with two attached hydrogens (primary N) is 1. The second kappa shape index (κ2) is 5.08. The van der Waals surface area contributed by atoms with Crippen molar-refractivity contribution < 1.29 is 9.53 Å². The highest BCUT2D eigenvalue weighted by Gasteiger charge is 2.43. The van der Waals surface area contributed by atoms with Crippen molar-refractivity contribution in [3.63, 3.8) is 0 Å². The summed E-state index contributed by atoms with van der Waals surface area (Å²) in [6.07, 6.45) is 3.43. The summed E-state index contributed by atoms with van der Waals surface area (Å²) < 4.78 is 5.44. The zero-order valence-corrected chi connectivity index (χ0v) is 11.8. The summed E-state index contributed by atoms with van der Waals surface area (Å²) in [6, 6.07) is 0. The fraction of sp³-hybridized carbons (Fsp3) is 0.929. The summed E-state index contributed by atoms with van der Waals surface area (Å²) in [5.41, 5.74) is 5.30. The fourth-order valence-electron chi connectivity index (χ4n) is 2.97. The minimum absolute atomic E-state index is 0.155. The van der Waals surface area contributed by atoms with Crippen molar-refractivity contribution in [1.82, 2.24) is 4.90 Å². The van der Waals surface area contributed by atoms with Gasteiger partial charge in [0.05, 0.1) is 0 Å². The number of hydrogen-bond donors (Lipinski definition) is 1. The Hall–Kier alpha value is -0.770. The lowest BCUT2D eigenvalue weighted by Crippen LogP contribution is -2.43. The molecule has 3 unspecified atom stereocenters. The van der Waals surface area contributed by atoms with Crippen molar-refractivity contribution in [2.75, 3.05) is 19.6 Å².